The Morgan fingerprint density at radius 3 is 2.42 bits per heavy atom. The summed E-state index contributed by atoms with van der Waals surface area (Å²) in [6, 6.07) is 10.0. The van der Waals surface area contributed by atoms with E-state index in [1.165, 1.54) is 17.7 Å². The highest BCUT2D eigenvalue weighted by Crippen LogP contribution is 2.29. The van der Waals surface area contributed by atoms with Gasteiger partial charge in [-0.25, -0.2) is 9.82 Å². The van der Waals surface area contributed by atoms with Crippen molar-refractivity contribution in [1.29, 1.82) is 0 Å². The van der Waals surface area contributed by atoms with Gasteiger partial charge in [-0.3, -0.25) is 5.84 Å². The summed E-state index contributed by atoms with van der Waals surface area (Å²) in [5.41, 5.74) is 13.1. The first kappa shape index (κ1) is 13.5. The summed E-state index contributed by atoms with van der Waals surface area (Å²) in [7, 11) is 0. The number of halogens is 1. The molecule has 0 spiro atoms. The molecule has 0 heterocycles. The first-order valence-electron chi connectivity index (χ1n) is 6.11. The highest BCUT2D eigenvalue weighted by molar-refractivity contribution is 5.52. The zero-order valence-electron chi connectivity index (χ0n) is 11.1. The molecule has 0 fully saturated rings. The lowest BCUT2D eigenvalue weighted by Gasteiger charge is -2.21. The van der Waals surface area contributed by atoms with Crippen LogP contribution in [0.5, 0.6) is 0 Å². The van der Waals surface area contributed by atoms with Gasteiger partial charge in [0.05, 0.1) is 6.04 Å². The van der Waals surface area contributed by atoms with Gasteiger partial charge in [-0.05, 0) is 43.2 Å². The lowest BCUT2D eigenvalue weighted by Crippen LogP contribution is -2.30. The molecule has 2 aromatic carbocycles. The van der Waals surface area contributed by atoms with Crippen molar-refractivity contribution in [1.82, 2.24) is 5.43 Å². The van der Waals surface area contributed by atoms with E-state index in [9.17, 15) is 4.39 Å². The molecule has 2 aromatic rings. The Hall–Kier alpha value is -1.91. The molecule has 0 bridgehead atoms. The summed E-state index contributed by atoms with van der Waals surface area (Å²) in [6.07, 6.45) is 0. The van der Waals surface area contributed by atoms with Gasteiger partial charge in [0.2, 0.25) is 0 Å². The van der Waals surface area contributed by atoms with Crippen LogP contribution in [0.15, 0.2) is 36.4 Å². The van der Waals surface area contributed by atoms with E-state index in [1.807, 2.05) is 26.0 Å². The van der Waals surface area contributed by atoms with Crippen LogP contribution in [0.4, 0.5) is 10.1 Å². The number of anilines is 1. The normalized spacial score (nSPS) is 12.4. The molecule has 0 saturated heterocycles. The van der Waals surface area contributed by atoms with Crippen LogP contribution in [0.3, 0.4) is 0 Å². The molecule has 100 valence electrons. The molecule has 0 aliphatic rings. The summed E-state index contributed by atoms with van der Waals surface area (Å²) in [5.74, 6) is 5.31. The zero-order valence-corrected chi connectivity index (χ0v) is 11.1. The molecule has 0 aliphatic carbocycles. The Labute approximate surface area is 112 Å². The summed E-state index contributed by atoms with van der Waals surface area (Å²) >= 11 is 0. The molecule has 2 rings (SSSR count). The maximum atomic E-state index is 13.4. The van der Waals surface area contributed by atoms with E-state index in [2.05, 4.69) is 11.5 Å². The van der Waals surface area contributed by atoms with Crippen LogP contribution >= 0.6 is 0 Å². The summed E-state index contributed by atoms with van der Waals surface area (Å²) < 4.78 is 13.4. The predicted octanol–water partition coefficient (Wildman–Crippen LogP) is 2.58. The number of aryl methyl sites for hydroxylation is 2. The Morgan fingerprint density at radius 1 is 1.05 bits per heavy atom. The highest BCUT2D eigenvalue weighted by Gasteiger charge is 2.17. The van der Waals surface area contributed by atoms with Crippen molar-refractivity contribution in [3.8, 4) is 0 Å². The first-order valence-corrected chi connectivity index (χ1v) is 6.11. The van der Waals surface area contributed by atoms with Crippen molar-refractivity contribution in [2.24, 2.45) is 5.84 Å². The number of nitrogens with one attached hydrogen (secondary N) is 1. The smallest absolute Gasteiger partial charge is 0.123 e. The average molecular weight is 259 g/mol. The van der Waals surface area contributed by atoms with Gasteiger partial charge in [-0.15, -0.1) is 0 Å². The van der Waals surface area contributed by atoms with E-state index in [0.717, 1.165) is 11.1 Å². The third-order valence-electron chi connectivity index (χ3n) is 3.26. The van der Waals surface area contributed by atoms with Gasteiger partial charge in [0, 0.05) is 11.3 Å². The van der Waals surface area contributed by atoms with Gasteiger partial charge in [-0.2, -0.15) is 0 Å². The van der Waals surface area contributed by atoms with Crippen LogP contribution in [-0.2, 0) is 0 Å². The van der Waals surface area contributed by atoms with E-state index in [1.54, 1.807) is 6.07 Å². The Morgan fingerprint density at radius 2 is 1.79 bits per heavy atom. The molecular formula is C15H18FN3. The van der Waals surface area contributed by atoms with E-state index in [0.29, 0.717) is 11.3 Å². The van der Waals surface area contributed by atoms with Crippen molar-refractivity contribution < 1.29 is 4.39 Å². The Balaban J connectivity index is 2.52. The third kappa shape index (κ3) is 2.75. The number of nitrogens with two attached hydrogens (primary N) is 2. The number of rotatable bonds is 3. The molecule has 1 atom stereocenters. The van der Waals surface area contributed by atoms with Gasteiger partial charge in [0.25, 0.3) is 0 Å². The molecule has 0 amide bonds. The molecule has 4 heteroatoms. The molecule has 19 heavy (non-hydrogen) atoms. The standard InChI is InChI=1S/C15H18FN3/c1-9-3-5-12(10(2)7-9)15(19-18)13-8-11(16)4-6-14(13)17/h3-8,15,19H,17-18H2,1-2H3. The van der Waals surface area contributed by atoms with Crippen LogP contribution in [-0.4, -0.2) is 0 Å². The second kappa shape index (κ2) is 5.38. The van der Waals surface area contributed by atoms with Gasteiger partial charge in [0.1, 0.15) is 5.82 Å². The predicted molar refractivity (Wildman–Crippen MR) is 75.9 cm³/mol. The van der Waals surface area contributed by atoms with E-state index in [-0.39, 0.29) is 11.9 Å². The summed E-state index contributed by atoms with van der Waals surface area (Å²) in [5, 5.41) is 0. The van der Waals surface area contributed by atoms with Crippen LogP contribution in [0, 0.1) is 19.7 Å². The number of hydrogen-bond donors (Lipinski definition) is 3. The molecule has 0 saturated carbocycles. The van der Waals surface area contributed by atoms with Crippen molar-refractivity contribution in [3.05, 3.63) is 64.5 Å². The topological polar surface area (TPSA) is 64.1 Å². The van der Waals surface area contributed by atoms with Crippen molar-refractivity contribution >= 4 is 5.69 Å². The number of hydrazine groups is 1. The molecule has 1 unspecified atom stereocenters. The maximum Gasteiger partial charge on any atom is 0.123 e. The van der Waals surface area contributed by atoms with E-state index in [4.69, 9.17) is 11.6 Å². The van der Waals surface area contributed by atoms with Crippen LogP contribution in [0.1, 0.15) is 28.3 Å². The molecular weight excluding hydrogens is 241 g/mol. The van der Waals surface area contributed by atoms with E-state index < -0.39 is 0 Å². The fourth-order valence-corrected chi connectivity index (χ4v) is 2.29. The van der Waals surface area contributed by atoms with Gasteiger partial charge in [-0.1, -0.05) is 23.8 Å². The summed E-state index contributed by atoms with van der Waals surface area (Å²) in [4.78, 5) is 0. The highest BCUT2D eigenvalue weighted by atomic mass is 19.1. The SMILES string of the molecule is Cc1ccc(C(NN)c2cc(F)ccc2N)c(C)c1. The fourth-order valence-electron chi connectivity index (χ4n) is 2.29. The minimum atomic E-state index is -0.325. The van der Waals surface area contributed by atoms with Crippen LogP contribution < -0.4 is 17.0 Å². The zero-order chi connectivity index (χ0) is 14.0. The second-order valence-electron chi connectivity index (χ2n) is 4.73. The molecule has 0 radical (unpaired) electrons. The monoisotopic (exact) mass is 259 g/mol. The minimum Gasteiger partial charge on any atom is -0.398 e. The molecule has 3 nitrogen and oxygen atoms in total. The Bertz CT molecular complexity index is 596. The number of benzene rings is 2. The minimum absolute atomic E-state index is 0.323. The van der Waals surface area contributed by atoms with Gasteiger partial charge in [0.15, 0.2) is 0 Å². The van der Waals surface area contributed by atoms with Gasteiger partial charge >= 0.3 is 0 Å². The average Bonchev–Trinajstić information content (AvgIpc) is 2.36. The van der Waals surface area contributed by atoms with E-state index >= 15 is 0 Å². The van der Waals surface area contributed by atoms with Crippen molar-refractivity contribution in [3.63, 3.8) is 0 Å². The molecule has 0 aromatic heterocycles. The van der Waals surface area contributed by atoms with Crippen LogP contribution in [0.25, 0.3) is 0 Å². The quantitative estimate of drug-likeness (QED) is 0.451. The maximum absolute atomic E-state index is 13.4. The van der Waals surface area contributed by atoms with Crippen LogP contribution in [0.2, 0.25) is 0 Å². The number of hydrogen-bond acceptors (Lipinski definition) is 3. The molecule has 5 N–H and O–H groups in total. The summed E-state index contributed by atoms with van der Waals surface area (Å²) in [6.45, 7) is 4.03. The fraction of sp³-hybridized carbons (Fsp3) is 0.200. The molecule has 0 aliphatic heterocycles. The van der Waals surface area contributed by atoms with Crippen molar-refractivity contribution in [2.75, 3.05) is 5.73 Å². The Kier molecular flexibility index (Phi) is 3.83. The third-order valence-corrected chi connectivity index (χ3v) is 3.26. The van der Waals surface area contributed by atoms with Crippen molar-refractivity contribution in [2.45, 2.75) is 19.9 Å². The largest absolute Gasteiger partial charge is 0.398 e. The van der Waals surface area contributed by atoms with Gasteiger partial charge < -0.3 is 5.73 Å². The second-order valence-corrected chi connectivity index (χ2v) is 4.73. The lowest BCUT2D eigenvalue weighted by molar-refractivity contribution is 0.605. The first-order chi connectivity index (χ1) is 9.02. The number of nitrogen functional groups attached to an aromatic ring is 1. The lowest BCUT2D eigenvalue weighted by atomic mass is 9.93.